The lowest BCUT2D eigenvalue weighted by atomic mass is 10.3. The van der Waals surface area contributed by atoms with Crippen molar-refractivity contribution >= 4 is 16.5 Å². The van der Waals surface area contributed by atoms with Crippen molar-refractivity contribution in [3.8, 4) is 11.5 Å². The molecule has 0 spiro atoms. The van der Waals surface area contributed by atoms with E-state index in [9.17, 15) is 0 Å². The smallest absolute Gasteiger partial charge is 0.182 e. The summed E-state index contributed by atoms with van der Waals surface area (Å²) in [6.45, 7) is 6.31. The number of aromatic nitrogens is 1. The Balaban J connectivity index is 1.83. The first kappa shape index (κ1) is 14.7. The van der Waals surface area contributed by atoms with Crippen LogP contribution in [0.15, 0.2) is 30.5 Å². The van der Waals surface area contributed by atoms with Crippen LogP contribution >= 0.6 is 11.3 Å². The van der Waals surface area contributed by atoms with E-state index >= 15 is 0 Å². The van der Waals surface area contributed by atoms with Crippen LogP contribution in [0.4, 0.5) is 5.13 Å². The molecule has 2 rings (SSSR count). The third-order valence-corrected chi connectivity index (χ3v) is 3.49. The standard InChI is InChI=1S/C15H20N2O2S/c1-3-9-18-12-5-7-13(8-6-12)19-11-14-10-17-15(20-14)16-4-2/h5-8,10H,3-4,9,11H2,1-2H3,(H,16,17). The molecule has 0 unspecified atom stereocenters. The molecular formula is C15H20N2O2S. The number of anilines is 1. The molecule has 0 aliphatic heterocycles. The van der Waals surface area contributed by atoms with Gasteiger partial charge in [0, 0.05) is 12.7 Å². The maximum atomic E-state index is 5.73. The van der Waals surface area contributed by atoms with Crippen LogP contribution in [0.1, 0.15) is 25.1 Å². The quantitative estimate of drug-likeness (QED) is 0.800. The number of hydrogen-bond acceptors (Lipinski definition) is 5. The molecule has 0 radical (unpaired) electrons. The highest BCUT2D eigenvalue weighted by molar-refractivity contribution is 7.15. The van der Waals surface area contributed by atoms with Crippen molar-refractivity contribution in [3.63, 3.8) is 0 Å². The summed E-state index contributed by atoms with van der Waals surface area (Å²) in [5, 5.41) is 4.13. The van der Waals surface area contributed by atoms with E-state index in [1.54, 1.807) is 11.3 Å². The van der Waals surface area contributed by atoms with Gasteiger partial charge in [-0.05, 0) is 37.6 Å². The number of hydrogen-bond donors (Lipinski definition) is 1. The van der Waals surface area contributed by atoms with E-state index in [4.69, 9.17) is 9.47 Å². The Morgan fingerprint density at radius 3 is 2.45 bits per heavy atom. The first-order valence-corrected chi connectivity index (χ1v) is 7.67. The van der Waals surface area contributed by atoms with Crippen LogP contribution in [0, 0.1) is 0 Å². The van der Waals surface area contributed by atoms with Crippen molar-refractivity contribution in [2.24, 2.45) is 0 Å². The minimum absolute atomic E-state index is 0.540. The summed E-state index contributed by atoms with van der Waals surface area (Å²) in [6, 6.07) is 7.72. The molecule has 5 heteroatoms. The Morgan fingerprint density at radius 2 is 1.80 bits per heavy atom. The molecule has 0 aliphatic rings. The number of ether oxygens (including phenoxy) is 2. The van der Waals surface area contributed by atoms with Crippen LogP contribution in [0.25, 0.3) is 0 Å². The van der Waals surface area contributed by atoms with E-state index < -0.39 is 0 Å². The lowest BCUT2D eigenvalue weighted by Crippen LogP contribution is -1.96. The second-order valence-electron chi connectivity index (χ2n) is 4.27. The predicted molar refractivity (Wildman–Crippen MR) is 82.8 cm³/mol. The molecule has 1 aromatic carbocycles. The molecule has 108 valence electrons. The second kappa shape index (κ2) is 7.75. The Hall–Kier alpha value is -1.75. The first-order chi connectivity index (χ1) is 9.81. The highest BCUT2D eigenvalue weighted by atomic mass is 32.1. The summed E-state index contributed by atoms with van der Waals surface area (Å²) < 4.78 is 11.3. The van der Waals surface area contributed by atoms with Gasteiger partial charge in [0.1, 0.15) is 18.1 Å². The van der Waals surface area contributed by atoms with E-state index in [2.05, 4.69) is 24.1 Å². The van der Waals surface area contributed by atoms with Crippen LogP contribution in [-0.2, 0) is 6.61 Å². The first-order valence-electron chi connectivity index (χ1n) is 6.86. The van der Waals surface area contributed by atoms with Gasteiger partial charge in [-0.3, -0.25) is 0 Å². The van der Waals surface area contributed by atoms with Crippen molar-refractivity contribution < 1.29 is 9.47 Å². The summed E-state index contributed by atoms with van der Waals surface area (Å²) in [5.41, 5.74) is 0. The lowest BCUT2D eigenvalue weighted by molar-refractivity contribution is 0.304. The third-order valence-electron chi connectivity index (χ3n) is 2.56. The zero-order chi connectivity index (χ0) is 14.2. The fourth-order valence-electron chi connectivity index (χ4n) is 1.61. The molecule has 1 aromatic heterocycles. The maximum Gasteiger partial charge on any atom is 0.182 e. The summed E-state index contributed by atoms with van der Waals surface area (Å²) in [5.74, 6) is 1.72. The molecule has 1 heterocycles. The van der Waals surface area contributed by atoms with Crippen LogP contribution in [-0.4, -0.2) is 18.1 Å². The van der Waals surface area contributed by atoms with Crippen LogP contribution in [0.5, 0.6) is 11.5 Å². The van der Waals surface area contributed by atoms with Gasteiger partial charge in [-0.1, -0.05) is 18.3 Å². The Bertz CT molecular complexity index is 511. The van der Waals surface area contributed by atoms with Crippen LogP contribution in [0.3, 0.4) is 0 Å². The molecule has 0 atom stereocenters. The fraction of sp³-hybridized carbons (Fsp3) is 0.400. The number of thiazole rings is 1. The van der Waals surface area contributed by atoms with Gasteiger partial charge in [0.2, 0.25) is 0 Å². The summed E-state index contributed by atoms with van der Waals surface area (Å²) in [6.07, 6.45) is 2.86. The van der Waals surface area contributed by atoms with Gasteiger partial charge in [-0.25, -0.2) is 4.98 Å². The number of rotatable bonds is 8. The molecule has 1 N–H and O–H groups in total. The van der Waals surface area contributed by atoms with Gasteiger partial charge >= 0.3 is 0 Å². The predicted octanol–water partition coefficient (Wildman–Crippen LogP) is 3.94. The normalized spacial score (nSPS) is 10.3. The fourth-order valence-corrected chi connectivity index (χ4v) is 2.41. The molecule has 0 bridgehead atoms. The molecule has 0 saturated heterocycles. The minimum Gasteiger partial charge on any atom is -0.494 e. The molecule has 0 aliphatic carbocycles. The Kier molecular flexibility index (Phi) is 5.68. The molecule has 0 fully saturated rings. The average molecular weight is 292 g/mol. The zero-order valence-electron chi connectivity index (χ0n) is 11.9. The van der Waals surface area contributed by atoms with Crippen molar-refractivity contribution in [3.05, 3.63) is 35.3 Å². The van der Waals surface area contributed by atoms with Gasteiger partial charge in [-0.2, -0.15) is 0 Å². The summed E-state index contributed by atoms with van der Waals surface area (Å²) >= 11 is 1.62. The maximum absolute atomic E-state index is 5.73. The van der Waals surface area contributed by atoms with Gasteiger partial charge in [0.25, 0.3) is 0 Å². The highest BCUT2D eigenvalue weighted by Crippen LogP contribution is 2.22. The monoisotopic (exact) mass is 292 g/mol. The number of nitrogens with zero attached hydrogens (tertiary/aromatic N) is 1. The largest absolute Gasteiger partial charge is 0.494 e. The molecule has 0 saturated carbocycles. The minimum atomic E-state index is 0.540. The highest BCUT2D eigenvalue weighted by Gasteiger charge is 2.02. The topological polar surface area (TPSA) is 43.4 Å². The summed E-state index contributed by atoms with van der Waals surface area (Å²) in [7, 11) is 0. The zero-order valence-corrected chi connectivity index (χ0v) is 12.7. The van der Waals surface area contributed by atoms with Crippen molar-refractivity contribution in [1.82, 2.24) is 4.98 Å². The van der Waals surface area contributed by atoms with Gasteiger partial charge in [-0.15, -0.1) is 0 Å². The van der Waals surface area contributed by atoms with Crippen molar-refractivity contribution in [1.29, 1.82) is 0 Å². The van der Waals surface area contributed by atoms with Gasteiger partial charge < -0.3 is 14.8 Å². The van der Waals surface area contributed by atoms with Crippen LogP contribution < -0.4 is 14.8 Å². The summed E-state index contributed by atoms with van der Waals surface area (Å²) in [4.78, 5) is 5.38. The lowest BCUT2D eigenvalue weighted by Gasteiger charge is -2.07. The molecule has 0 amide bonds. The third kappa shape index (κ3) is 4.42. The van der Waals surface area contributed by atoms with E-state index in [-0.39, 0.29) is 0 Å². The van der Waals surface area contributed by atoms with Gasteiger partial charge in [0.15, 0.2) is 5.13 Å². The van der Waals surface area contributed by atoms with E-state index in [1.807, 2.05) is 30.5 Å². The number of benzene rings is 1. The van der Waals surface area contributed by atoms with Crippen molar-refractivity contribution in [2.45, 2.75) is 26.9 Å². The van der Waals surface area contributed by atoms with Gasteiger partial charge in [0.05, 0.1) is 11.5 Å². The van der Waals surface area contributed by atoms with E-state index in [1.165, 1.54) is 0 Å². The number of nitrogens with one attached hydrogen (secondary N) is 1. The molecule has 4 nitrogen and oxygen atoms in total. The van der Waals surface area contributed by atoms with E-state index in [0.29, 0.717) is 6.61 Å². The van der Waals surface area contributed by atoms with Crippen molar-refractivity contribution in [2.75, 3.05) is 18.5 Å². The molecular weight excluding hydrogens is 272 g/mol. The SMILES string of the molecule is CCCOc1ccc(OCc2cnc(NCC)s2)cc1. The molecule has 2 aromatic rings. The molecule has 20 heavy (non-hydrogen) atoms. The Morgan fingerprint density at radius 1 is 1.10 bits per heavy atom. The Labute approximate surface area is 123 Å². The van der Waals surface area contributed by atoms with Crippen LogP contribution in [0.2, 0.25) is 0 Å². The second-order valence-corrected chi connectivity index (χ2v) is 5.39. The average Bonchev–Trinajstić information content (AvgIpc) is 2.92. The van der Waals surface area contributed by atoms with E-state index in [0.717, 1.165) is 41.1 Å².